The standard InChI is InChI=1S/C18H10O12S2.CHClO/c19-13(20)5-1-7(15(23)24)11(8(2-5)16(25)26)31-32-12-9(17(27)28)3-6(14(21)22)4-10(12)18(29)30;2-1-3/h1-4H,(H,19,20)(H,21,22)(H,23,24)(H,25,26)(H,27,28)(H,29,30);1H. The second kappa shape index (κ2) is 12.4. The molecule has 0 spiro atoms. The number of carboxylic acids is 6. The molecule has 0 atom stereocenters. The van der Waals surface area contributed by atoms with E-state index in [0.29, 0.717) is 45.9 Å². The molecule has 184 valence electrons. The van der Waals surface area contributed by atoms with E-state index in [1.807, 2.05) is 0 Å². The van der Waals surface area contributed by atoms with E-state index in [0.717, 1.165) is 0 Å². The van der Waals surface area contributed by atoms with Crippen LogP contribution in [0.2, 0.25) is 0 Å². The van der Waals surface area contributed by atoms with Gasteiger partial charge in [-0.3, -0.25) is 4.79 Å². The maximum Gasteiger partial charge on any atom is 0.336 e. The summed E-state index contributed by atoms with van der Waals surface area (Å²) in [5.74, 6) is -9.70. The van der Waals surface area contributed by atoms with E-state index in [1.165, 1.54) is 0 Å². The van der Waals surface area contributed by atoms with Gasteiger partial charge in [-0.1, -0.05) is 21.6 Å². The lowest BCUT2D eigenvalue weighted by Crippen LogP contribution is -2.11. The summed E-state index contributed by atoms with van der Waals surface area (Å²) in [6, 6.07) is 2.79. The van der Waals surface area contributed by atoms with Gasteiger partial charge < -0.3 is 30.6 Å². The van der Waals surface area contributed by atoms with Gasteiger partial charge in [0.15, 0.2) is 0 Å². The third kappa shape index (κ3) is 7.20. The Labute approximate surface area is 206 Å². The molecule has 16 heteroatoms. The second-order valence-corrected chi connectivity index (χ2v) is 8.22. The van der Waals surface area contributed by atoms with Gasteiger partial charge in [0.2, 0.25) is 5.75 Å². The summed E-state index contributed by atoms with van der Waals surface area (Å²) in [6.07, 6.45) is 0. The van der Waals surface area contributed by atoms with Crippen molar-refractivity contribution in [1.82, 2.24) is 0 Å². The zero-order valence-electron chi connectivity index (χ0n) is 16.6. The van der Waals surface area contributed by atoms with Gasteiger partial charge >= 0.3 is 35.8 Å². The van der Waals surface area contributed by atoms with Crippen LogP contribution in [0, 0.1) is 0 Å². The lowest BCUT2D eigenvalue weighted by atomic mass is 10.1. The minimum Gasteiger partial charge on any atom is -0.478 e. The highest BCUT2D eigenvalue weighted by Crippen LogP contribution is 2.44. The smallest absolute Gasteiger partial charge is 0.336 e. The molecule has 0 saturated heterocycles. The normalized spacial score (nSPS) is 9.86. The van der Waals surface area contributed by atoms with Crippen molar-refractivity contribution >= 4 is 74.7 Å². The molecular weight excluding hydrogens is 536 g/mol. The summed E-state index contributed by atoms with van der Waals surface area (Å²) in [5.41, 5.74) is -4.16. The number of carbonyl (C=O) groups excluding carboxylic acids is 1. The first-order valence-electron chi connectivity index (χ1n) is 8.40. The molecule has 6 N–H and O–H groups in total. The highest BCUT2D eigenvalue weighted by molar-refractivity contribution is 8.76. The van der Waals surface area contributed by atoms with Gasteiger partial charge in [0, 0.05) is 9.79 Å². The molecule has 0 amide bonds. The van der Waals surface area contributed by atoms with Crippen molar-refractivity contribution in [2.75, 3.05) is 0 Å². The van der Waals surface area contributed by atoms with Crippen molar-refractivity contribution in [3.8, 4) is 0 Å². The molecule has 2 aromatic rings. The number of benzene rings is 2. The first-order chi connectivity index (χ1) is 16.3. The predicted molar refractivity (Wildman–Crippen MR) is 119 cm³/mol. The molecule has 13 nitrogen and oxygen atoms in total. The zero-order chi connectivity index (χ0) is 27.0. The zero-order valence-corrected chi connectivity index (χ0v) is 19.0. The van der Waals surface area contributed by atoms with Crippen LogP contribution in [0.1, 0.15) is 62.1 Å². The summed E-state index contributed by atoms with van der Waals surface area (Å²) >= 11 is 4.32. The minimum atomic E-state index is -1.68. The van der Waals surface area contributed by atoms with Gasteiger partial charge in [0.05, 0.1) is 33.4 Å². The number of hydrogen-bond acceptors (Lipinski definition) is 9. The largest absolute Gasteiger partial charge is 0.478 e. The van der Waals surface area contributed by atoms with E-state index < -0.39 is 79.0 Å². The molecule has 2 aromatic carbocycles. The van der Waals surface area contributed by atoms with Crippen molar-refractivity contribution in [1.29, 1.82) is 0 Å². The maximum absolute atomic E-state index is 11.6. The lowest BCUT2D eigenvalue weighted by molar-refractivity contribution is 0.0660. The van der Waals surface area contributed by atoms with E-state index in [1.54, 1.807) is 0 Å². The fourth-order valence-corrected chi connectivity index (χ4v) is 5.09. The van der Waals surface area contributed by atoms with Crippen LogP contribution in [0.5, 0.6) is 0 Å². The third-order valence-electron chi connectivity index (χ3n) is 3.80. The summed E-state index contributed by atoms with van der Waals surface area (Å²) < 4.78 is 0. The van der Waals surface area contributed by atoms with Gasteiger partial charge in [-0.2, -0.15) is 0 Å². The second-order valence-electron chi connectivity index (χ2n) is 5.89. The fraction of sp³-hybridized carbons (Fsp3) is 0. The van der Waals surface area contributed by atoms with Crippen LogP contribution < -0.4 is 0 Å². The number of hydrogen-bond donors (Lipinski definition) is 6. The summed E-state index contributed by atoms with van der Waals surface area (Å²) in [4.78, 5) is 76.4. The van der Waals surface area contributed by atoms with Crippen molar-refractivity contribution in [3.63, 3.8) is 0 Å². The van der Waals surface area contributed by atoms with E-state index in [4.69, 9.17) is 15.0 Å². The Balaban J connectivity index is 0.00000194. The van der Waals surface area contributed by atoms with Gasteiger partial charge in [-0.05, 0) is 35.9 Å². The Morgan fingerprint density at radius 2 is 0.743 bits per heavy atom. The highest BCUT2D eigenvalue weighted by atomic mass is 35.5. The Hall–Kier alpha value is -4.08. The first-order valence-corrected chi connectivity index (χ1v) is 11.0. The van der Waals surface area contributed by atoms with Crippen LogP contribution >= 0.6 is 33.2 Å². The monoisotopic (exact) mass is 546 g/mol. The number of rotatable bonds is 9. The molecule has 35 heavy (non-hydrogen) atoms. The van der Waals surface area contributed by atoms with Crippen molar-refractivity contribution in [3.05, 3.63) is 57.6 Å². The molecule has 0 heterocycles. The molecule has 0 aromatic heterocycles. The molecule has 0 bridgehead atoms. The fourth-order valence-electron chi connectivity index (χ4n) is 2.40. The summed E-state index contributed by atoms with van der Waals surface area (Å²) in [5, 5.41) is 55.8. The lowest BCUT2D eigenvalue weighted by Gasteiger charge is -2.13. The Morgan fingerprint density at radius 1 is 0.543 bits per heavy atom. The van der Waals surface area contributed by atoms with E-state index in [9.17, 15) is 49.2 Å². The van der Waals surface area contributed by atoms with E-state index in [2.05, 4.69) is 11.6 Å². The van der Waals surface area contributed by atoms with Crippen molar-refractivity contribution in [2.24, 2.45) is 0 Å². The molecule has 0 aliphatic heterocycles. The Morgan fingerprint density at radius 3 is 0.886 bits per heavy atom. The van der Waals surface area contributed by atoms with Gasteiger partial charge in [-0.25, -0.2) is 28.8 Å². The molecule has 0 aliphatic carbocycles. The molecule has 0 radical (unpaired) electrons. The average Bonchev–Trinajstić information content (AvgIpc) is 2.76. The van der Waals surface area contributed by atoms with Crippen LogP contribution in [-0.4, -0.2) is 72.2 Å². The third-order valence-corrected chi connectivity index (χ3v) is 6.35. The Kier molecular flexibility index (Phi) is 10.3. The van der Waals surface area contributed by atoms with Crippen LogP contribution in [-0.2, 0) is 4.79 Å². The Bertz CT molecular complexity index is 1090. The molecule has 2 rings (SSSR count). The number of carboxylic acid groups (broad SMARTS) is 6. The highest BCUT2D eigenvalue weighted by Gasteiger charge is 2.27. The quantitative estimate of drug-likeness (QED) is 0.150. The molecule has 0 saturated carbocycles. The molecule has 0 aliphatic rings. The van der Waals surface area contributed by atoms with Crippen LogP contribution in [0.15, 0.2) is 34.1 Å². The van der Waals surface area contributed by atoms with Crippen molar-refractivity contribution in [2.45, 2.75) is 9.79 Å². The topological polar surface area (TPSA) is 241 Å². The summed E-state index contributed by atoms with van der Waals surface area (Å²) in [6.45, 7) is 0. The number of halogens is 1. The molecular formula is C19H11ClO13S2. The minimum absolute atomic E-state index is 0.222. The molecule has 0 unspecified atom stereocenters. The average molecular weight is 547 g/mol. The van der Waals surface area contributed by atoms with Crippen molar-refractivity contribution < 1.29 is 64.2 Å². The van der Waals surface area contributed by atoms with Crippen LogP contribution in [0.4, 0.5) is 0 Å². The van der Waals surface area contributed by atoms with E-state index >= 15 is 0 Å². The molecule has 0 fully saturated rings. The first kappa shape index (κ1) is 29.0. The van der Waals surface area contributed by atoms with Gasteiger partial charge in [0.25, 0.3) is 0 Å². The number of aromatic carboxylic acids is 6. The van der Waals surface area contributed by atoms with E-state index in [-0.39, 0.29) is 5.75 Å². The van der Waals surface area contributed by atoms with Crippen LogP contribution in [0.25, 0.3) is 0 Å². The van der Waals surface area contributed by atoms with Gasteiger partial charge in [0.1, 0.15) is 0 Å². The summed E-state index contributed by atoms with van der Waals surface area (Å²) in [7, 11) is 0.738. The maximum atomic E-state index is 11.6. The SMILES string of the molecule is O=C(O)c1cc(C(=O)O)c(SSc2c(C(=O)O)cc(C(=O)O)cc2C(=O)O)c(C(=O)O)c1.O=CCl. The predicted octanol–water partition coefficient (Wildman–Crippen LogP) is 3.09. The van der Waals surface area contributed by atoms with Gasteiger partial charge in [-0.15, -0.1) is 0 Å². The van der Waals surface area contributed by atoms with Crippen LogP contribution in [0.3, 0.4) is 0 Å². The number of carbonyl (C=O) groups is 7.